The second kappa shape index (κ2) is 11.3. The Morgan fingerprint density at radius 1 is 0.824 bits per heavy atom. The van der Waals surface area contributed by atoms with Crippen LogP contribution in [-0.2, 0) is 0 Å². The average Bonchev–Trinajstić information content (AvgIpc) is 2.27. The molecule has 0 atom stereocenters. The van der Waals surface area contributed by atoms with Crippen LogP contribution in [0.4, 0.5) is 0 Å². The lowest BCUT2D eigenvalue weighted by atomic mass is 9.89. The van der Waals surface area contributed by atoms with Gasteiger partial charge in [0.2, 0.25) is 9.76 Å². The van der Waals surface area contributed by atoms with Crippen molar-refractivity contribution in [3.63, 3.8) is 0 Å². The van der Waals surface area contributed by atoms with Crippen molar-refractivity contribution in [3.8, 4) is 0 Å². The molecule has 0 aromatic heterocycles. The van der Waals surface area contributed by atoms with Gasteiger partial charge >= 0.3 is 0 Å². The fourth-order valence-corrected chi connectivity index (χ4v) is 2.82. The molecule has 0 spiro atoms. The van der Waals surface area contributed by atoms with Crippen molar-refractivity contribution in [2.45, 2.75) is 91.0 Å². The molecule has 0 aliphatic carbocycles. The third-order valence-corrected chi connectivity index (χ3v) is 4.63. The summed E-state index contributed by atoms with van der Waals surface area (Å²) in [4.78, 5) is 8.97. The van der Waals surface area contributed by atoms with Crippen LogP contribution < -0.4 is 0 Å². The summed E-state index contributed by atoms with van der Waals surface area (Å²) in [6.45, 7) is 6.83. The number of hydrogen-bond acceptors (Lipinski definition) is 1. The molecule has 102 valence electrons. The Morgan fingerprint density at radius 3 is 1.76 bits per heavy atom. The Kier molecular flexibility index (Phi) is 11.4. The second-order valence-corrected chi connectivity index (χ2v) is 6.75. The molecular formula is C15H32OSi. The molecule has 0 amide bonds. The molecule has 1 N–H and O–H groups in total. The van der Waals surface area contributed by atoms with Crippen molar-refractivity contribution < 1.29 is 4.80 Å². The molecule has 0 aromatic rings. The SMILES string of the molecule is CCCCCCCCCCCC(C)(C)C[Si]O. The van der Waals surface area contributed by atoms with Crippen LogP contribution in [0.2, 0.25) is 6.04 Å². The van der Waals surface area contributed by atoms with Crippen LogP contribution in [-0.4, -0.2) is 14.6 Å². The van der Waals surface area contributed by atoms with Crippen LogP contribution in [0.15, 0.2) is 0 Å². The highest BCUT2D eigenvalue weighted by atomic mass is 28.2. The minimum Gasteiger partial charge on any atom is -0.432 e. The molecular weight excluding hydrogens is 224 g/mol. The maximum atomic E-state index is 8.97. The van der Waals surface area contributed by atoms with E-state index in [0.717, 1.165) is 6.04 Å². The Hall–Kier alpha value is 0.177. The van der Waals surface area contributed by atoms with E-state index in [1.807, 2.05) is 0 Å². The Bertz CT molecular complexity index is 157. The van der Waals surface area contributed by atoms with Gasteiger partial charge in [-0.3, -0.25) is 0 Å². The number of unbranched alkanes of at least 4 members (excludes halogenated alkanes) is 8. The predicted octanol–water partition coefficient (Wildman–Crippen LogP) is 4.96. The van der Waals surface area contributed by atoms with Crippen LogP contribution in [0.3, 0.4) is 0 Å². The van der Waals surface area contributed by atoms with Crippen molar-refractivity contribution in [2.75, 3.05) is 0 Å². The zero-order valence-electron chi connectivity index (χ0n) is 12.2. The van der Waals surface area contributed by atoms with Gasteiger partial charge < -0.3 is 4.80 Å². The fourth-order valence-electron chi connectivity index (χ4n) is 2.22. The molecule has 0 heterocycles. The van der Waals surface area contributed by atoms with Crippen molar-refractivity contribution in [3.05, 3.63) is 0 Å². The monoisotopic (exact) mass is 256 g/mol. The summed E-state index contributed by atoms with van der Waals surface area (Å²) in [6.07, 6.45) is 13.9. The molecule has 0 fully saturated rings. The molecule has 17 heavy (non-hydrogen) atoms. The van der Waals surface area contributed by atoms with Gasteiger partial charge in [0.1, 0.15) is 0 Å². The molecule has 0 saturated heterocycles. The average molecular weight is 257 g/mol. The van der Waals surface area contributed by atoms with E-state index in [1.54, 1.807) is 0 Å². The first-order chi connectivity index (χ1) is 8.12. The molecule has 0 unspecified atom stereocenters. The summed E-state index contributed by atoms with van der Waals surface area (Å²) in [5.74, 6) is 0. The molecule has 0 aromatic carbocycles. The Morgan fingerprint density at radius 2 is 1.29 bits per heavy atom. The van der Waals surface area contributed by atoms with Gasteiger partial charge in [-0.15, -0.1) is 0 Å². The van der Waals surface area contributed by atoms with Crippen molar-refractivity contribution in [1.29, 1.82) is 0 Å². The van der Waals surface area contributed by atoms with Crippen LogP contribution in [0.5, 0.6) is 0 Å². The first kappa shape index (κ1) is 17.2. The lowest BCUT2D eigenvalue weighted by Crippen LogP contribution is -2.13. The van der Waals surface area contributed by atoms with E-state index in [-0.39, 0.29) is 9.76 Å². The lowest BCUT2D eigenvalue weighted by molar-refractivity contribution is 0.346. The maximum absolute atomic E-state index is 8.97. The van der Waals surface area contributed by atoms with Gasteiger partial charge in [-0.25, -0.2) is 0 Å². The summed E-state index contributed by atoms with van der Waals surface area (Å²) in [5, 5.41) is 0. The standard InChI is InChI=1S/C15H32OSi/c1-4-5-6-7-8-9-10-11-12-13-15(2,3)14-17-16/h16H,4-14H2,1-3H3. The molecule has 2 radical (unpaired) electrons. The summed E-state index contributed by atoms with van der Waals surface area (Å²) >= 11 is 0. The highest BCUT2D eigenvalue weighted by molar-refractivity contribution is 6.25. The molecule has 0 bridgehead atoms. The van der Waals surface area contributed by atoms with E-state index in [2.05, 4.69) is 20.8 Å². The van der Waals surface area contributed by atoms with E-state index in [4.69, 9.17) is 4.80 Å². The van der Waals surface area contributed by atoms with Gasteiger partial charge in [0.05, 0.1) is 0 Å². The van der Waals surface area contributed by atoms with Gasteiger partial charge in [-0.2, -0.15) is 0 Å². The maximum Gasteiger partial charge on any atom is 0.224 e. The number of rotatable bonds is 12. The van der Waals surface area contributed by atoms with Crippen LogP contribution in [0.1, 0.15) is 85.0 Å². The summed E-state index contributed by atoms with van der Waals surface area (Å²) in [5.41, 5.74) is 0.355. The summed E-state index contributed by atoms with van der Waals surface area (Å²) in [6, 6.07) is 0.976. The minimum absolute atomic E-state index is 0.121. The summed E-state index contributed by atoms with van der Waals surface area (Å²) < 4.78 is 0. The van der Waals surface area contributed by atoms with Gasteiger partial charge in [0, 0.05) is 0 Å². The van der Waals surface area contributed by atoms with Crippen LogP contribution >= 0.6 is 0 Å². The van der Waals surface area contributed by atoms with Crippen LogP contribution in [0, 0.1) is 5.41 Å². The highest BCUT2D eigenvalue weighted by Gasteiger charge is 2.16. The summed E-state index contributed by atoms with van der Waals surface area (Å²) in [7, 11) is 0.121. The van der Waals surface area contributed by atoms with Crippen molar-refractivity contribution in [1.82, 2.24) is 0 Å². The van der Waals surface area contributed by atoms with Gasteiger partial charge in [0.15, 0.2) is 0 Å². The third-order valence-electron chi connectivity index (χ3n) is 3.51. The first-order valence-electron chi connectivity index (χ1n) is 7.49. The van der Waals surface area contributed by atoms with Gasteiger partial charge in [-0.05, 0) is 17.9 Å². The third kappa shape index (κ3) is 12.4. The predicted molar refractivity (Wildman–Crippen MR) is 78.4 cm³/mol. The molecule has 0 saturated carbocycles. The fraction of sp³-hybridized carbons (Fsp3) is 1.00. The van der Waals surface area contributed by atoms with Crippen LogP contribution in [0.25, 0.3) is 0 Å². The van der Waals surface area contributed by atoms with Gasteiger partial charge in [-0.1, -0.05) is 78.6 Å². The van der Waals surface area contributed by atoms with E-state index in [1.165, 1.54) is 64.2 Å². The molecule has 1 nitrogen and oxygen atoms in total. The van der Waals surface area contributed by atoms with Gasteiger partial charge in [0.25, 0.3) is 0 Å². The zero-order valence-corrected chi connectivity index (χ0v) is 13.2. The van der Waals surface area contributed by atoms with E-state index < -0.39 is 0 Å². The molecule has 2 heteroatoms. The molecule has 0 aliphatic heterocycles. The first-order valence-corrected chi connectivity index (χ1v) is 8.65. The van der Waals surface area contributed by atoms with E-state index in [0.29, 0.717) is 5.41 Å². The van der Waals surface area contributed by atoms with E-state index >= 15 is 0 Å². The Labute approximate surface area is 111 Å². The molecule has 0 aliphatic rings. The smallest absolute Gasteiger partial charge is 0.224 e. The Balaban J connectivity index is 3.18. The zero-order chi connectivity index (χ0) is 13.0. The van der Waals surface area contributed by atoms with Crippen molar-refractivity contribution in [2.24, 2.45) is 5.41 Å². The second-order valence-electron chi connectivity index (χ2n) is 6.08. The quantitative estimate of drug-likeness (QED) is 0.386. The molecule has 0 rings (SSSR count). The van der Waals surface area contributed by atoms with E-state index in [9.17, 15) is 0 Å². The van der Waals surface area contributed by atoms with Crippen molar-refractivity contribution >= 4 is 9.76 Å². The largest absolute Gasteiger partial charge is 0.432 e. The normalized spacial score (nSPS) is 12.0. The lowest BCUT2D eigenvalue weighted by Gasteiger charge is -2.22. The number of hydrogen-bond donors (Lipinski definition) is 1. The minimum atomic E-state index is 0.121. The highest BCUT2D eigenvalue weighted by Crippen LogP contribution is 2.27. The topological polar surface area (TPSA) is 20.2 Å².